The number of nitrogens with two attached hydrogens (primary N) is 1. The van der Waals surface area contributed by atoms with E-state index in [1.807, 2.05) is 0 Å². The first kappa shape index (κ1) is 17.3. The third-order valence-electron chi connectivity index (χ3n) is 2.77. The van der Waals surface area contributed by atoms with E-state index in [0.29, 0.717) is 5.69 Å². The highest BCUT2D eigenvalue weighted by Gasteiger charge is 2.21. The lowest BCUT2D eigenvalue weighted by Crippen LogP contribution is -2.27. The van der Waals surface area contributed by atoms with E-state index in [0.717, 1.165) is 5.56 Å². The number of sulfonamides is 1. The summed E-state index contributed by atoms with van der Waals surface area (Å²) in [6.45, 7) is 3.64. The number of aryl methyl sites for hydroxylation is 1. The molecule has 8 heteroatoms. The van der Waals surface area contributed by atoms with Gasteiger partial charge >= 0.3 is 5.97 Å². The van der Waals surface area contributed by atoms with Crippen molar-refractivity contribution in [2.75, 3.05) is 26.0 Å². The molecule has 0 heterocycles. The highest BCUT2D eigenvalue weighted by atomic mass is 32.2. The van der Waals surface area contributed by atoms with Crippen molar-refractivity contribution in [1.82, 2.24) is 4.72 Å². The number of nitrogen functional groups attached to an aromatic ring is 1. The molecule has 0 amide bonds. The van der Waals surface area contributed by atoms with E-state index in [1.165, 1.54) is 13.2 Å². The lowest BCUT2D eigenvalue weighted by molar-refractivity contribution is -0.142. The number of hydrogen-bond donors (Lipinski definition) is 2. The van der Waals surface area contributed by atoms with E-state index in [2.05, 4.69) is 4.72 Å². The lowest BCUT2D eigenvalue weighted by atomic mass is 10.2. The Kier molecular flexibility index (Phi) is 5.98. The van der Waals surface area contributed by atoms with E-state index in [9.17, 15) is 13.2 Å². The Morgan fingerprint density at radius 2 is 2.05 bits per heavy atom. The maximum absolute atomic E-state index is 12.2. The van der Waals surface area contributed by atoms with Crippen LogP contribution in [-0.2, 0) is 19.6 Å². The maximum atomic E-state index is 12.2. The number of rotatable bonds is 7. The summed E-state index contributed by atoms with van der Waals surface area (Å²) in [7, 11) is -2.44. The van der Waals surface area contributed by atoms with E-state index in [-0.39, 0.29) is 30.2 Å². The van der Waals surface area contributed by atoms with Gasteiger partial charge in [0.25, 0.3) is 0 Å². The Hall–Kier alpha value is -1.80. The van der Waals surface area contributed by atoms with Crippen molar-refractivity contribution in [2.24, 2.45) is 0 Å². The summed E-state index contributed by atoms with van der Waals surface area (Å²) in [6, 6.07) is 2.89. The average Bonchev–Trinajstić information content (AvgIpc) is 2.41. The zero-order chi connectivity index (χ0) is 16.0. The van der Waals surface area contributed by atoms with Gasteiger partial charge in [-0.15, -0.1) is 0 Å². The minimum Gasteiger partial charge on any atom is -0.495 e. The Morgan fingerprint density at radius 1 is 1.38 bits per heavy atom. The molecule has 1 aromatic carbocycles. The second-order valence-electron chi connectivity index (χ2n) is 4.31. The van der Waals surface area contributed by atoms with Crippen LogP contribution < -0.4 is 15.2 Å². The molecular weight excluding hydrogens is 296 g/mol. The molecule has 0 saturated heterocycles. The maximum Gasteiger partial charge on any atom is 0.307 e. The first-order valence-corrected chi connectivity index (χ1v) is 7.89. The molecule has 0 aliphatic carbocycles. The molecule has 1 aromatic rings. The van der Waals surface area contributed by atoms with Crippen molar-refractivity contribution < 1.29 is 22.7 Å². The van der Waals surface area contributed by atoms with Crippen LogP contribution in [0.1, 0.15) is 18.9 Å². The SMILES string of the molecule is CCOC(=O)CCNS(=O)(=O)c1cc(N)c(C)cc1OC. The summed E-state index contributed by atoms with van der Waals surface area (Å²) >= 11 is 0. The average molecular weight is 316 g/mol. The Bertz CT molecular complexity index is 613. The van der Waals surface area contributed by atoms with Crippen LogP contribution in [0, 0.1) is 6.92 Å². The minimum atomic E-state index is -3.82. The van der Waals surface area contributed by atoms with Gasteiger partial charge in [0, 0.05) is 12.2 Å². The first-order valence-electron chi connectivity index (χ1n) is 6.41. The van der Waals surface area contributed by atoms with Gasteiger partial charge in [-0.25, -0.2) is 13.1 Å². The number of carbonyl (C=O) groups is 1. The first-order chi connectivity index (χ1) is 9.81. The van der Waals surface area contributed by atoms with Crippen LogP contribution in [0.4, 0.5) is 5.69 Å². The van der Waals surface area contributed by atoms with Crippen LogP contribution in [0.5, 0.6) is 5.75 Å². The fourth-order valence-corrected chi connectivity index (χ4v) is 2.86. The molecule has 0 unspecified atom stereocenters. The van der Waals surface area contributed by atoms with Crippen molar-refractivity contribution in [3.8, 4) is 5.75 Å². The standard InChI is InChI=1S/C13H20N2O5S/c1-4-20-13(16)5-6-15-21(17,18)12-8-10(14)9(2)7-11(12)19-3/h7-8,15H,4-6,14H2,1-3H3. The fraction of sp³-hybridized carbons (Fsp3) is 0.462. The van der Waals surface area contributed by atoms with Crippen molar-refractivity contribution in [3.63, 3.8) is 0 Å². The topological polar surface area (TPSA) is 108 Å². The van der Waals surface area contributed by atoms with Crippen LogP contribution in [0.2, 0.25) is 0 Å². The monoisotopic (exact) mass is 316 g/mol. The molecule has 0 bridgehead atoms. The number of ether oxygens (including phenoxy) is 2. The number of nitrogens with one attached hydrogen (secondary N) is 1. The molecule has 7 nitrogen and oxygen atoms in total. The van der Waals surface area contributed by atoms with Crippen LogP contribution in [0.15, 0.2) is 17.0 Å². The van der Waals surface area contributed by atoms with Gasteiger partial charge in [0.15, 0.2) is 0 Å². The van der Waals surface area contributed by atoms with Crippen molar-refractivity contribution in [3.05, 3.63) is 17.7 Å². The summed E-state index contributed by atoms with van der Waals surface area (Å²) < 4.78 is 36.5. The van der Waals surface area contributed by atoms with Gasteiger partial charge in [0.1, 0.15) is 10.6 Å². The number of methoxy groups -OCH3 is 1. The largest absolute Gasteiger partial charge is 0.495 e. The van der Waals surface area contributed by atoms with E-state index in [1.54, 1.807) is 19.9 Å². The van der Waals surface area contributed by atoms with Crippen LogP contribution in [0.25, 0.3) is 0 Å². The molecule has 1 rings (SSSR count). The third-order valence-corrected chi connectivity index (χ3v) is 4.25. The van der Waals surface area contributed by atoms with E-state index >= 15 is 0 Å². The zero-order valence-electron chi connectivity index (χ0n) is 12.3. The molecule has 0 aliphatic rings. The molecule has 0 radical (unpaired) electrons. The van der Waals surface area contributed by atoms with Crippen LogP contribution >= 0.6 is 0 Å². The Balaban J connectivity index is 2.88. The van der Waals surface area contributed by atoms with Gasteiger partial charge < -0.3 is 15.2 Å². The molecule has 0 fully saturated rings. The predicted molar refractivity (Wildman–Crippen MR) is 78.6 cm³/mol. The third kappa shape index (κ3) is 4.61. The molecule has 0 aliphatic heterocycles. The van der Waals surface area contributed by atoms with Gasteiger partial charge in [0.05, 0.1) is 20.1 Å². The Labute approximate surface area is 124 Å². The number of benzene rings is 1. The fourth-order valence-electron chi connectivity index (χ4n) is 1.65. The second kappa shape index (κ2) is 7.28. The number of esters is 1. The van der Waals surface area contributed by atoms with Gasteiger partial charge in [0.2, 0.25) is 10.0 Å². The van der Waals surface area contributed by atoms with E-state index in [4.69, 9.17) is 15.2 Å². The molecule has 0 aromatic heterocycles. The quantitative estimate of drug-likeness (QED) is 0.569. The van der Waals surface area contributed by atoms with Gasteiger partial charge in [-0.2, -0.15) is 0 Å². The van der Waals surface area contributed by atoms with Crippen LogP contribution in [0.3, 0.4) is 0 Å². The number of anilines is 1. The highest BCUT2D eigenvalue weighted by Crippen LogP contribution is 2.28. The molecule has 0 saturated carbocycles. The summed E-state index contributed by atoms with van der Waals surface area (Å²) in [5.41, 5.74) is 6.80. The lowest BCUT2D eigenvalue weighted by Gasteiger charge is -2.12. The smallest absolute Gasteiger partial charge is 0.307 e. The Morgan fingerprint density at radius 3 is 2.62 bits per heavy atom. The number of hydrogen-bond acceptors (Lipinski definition) is 6. The molecule has 21 heavy (non-hydrogen) atoms. The van der Waals surface area contributed by atoms with Crippen molar-refractivity contribution in [2.45, 2.75) is 25.2 Å². The predicted octanol–water partition coefficient (Wildman–Crippen LogP) is 0.817. The second-order valence-corrected chi connectivity index (χ2v) is 6.05. The zero-order valence-corrected chi connectivity index (χ0v) is 13.1. The summed E-state index contributed by atoms with van der Waals surface area (Å²) in [6.07, 6.45) is -0.0449. The highest BCUT2D eigenvalue weighted by molar-refractivity contribution is 7.89. The molecule has 0 atom stereocenters. The number of carbonyl (C=O) groups excluding carboxylic acids is 1. The van der Waals surface area contributed by atoms with Crippen molar-refractivity contribution in [1.29, 1.82) is 0 Å². The van der Waals surface area contributed by atoms with Gasteiger partial charge in [-0.3, -0.25) is 4.79 Å². The van der Waals surface area contributed by atoms with Gasteiger partial charge in [-0.1, -0.05) is 0 Å². The summed E-state index contributed by atoms with van der Waals surface area (Å²) in [5.74, 6) is -0.263. The minimum absolute atomic E-state index is 0.0449. The van der Waals surface area contributed by atoms with Crippen LogP contribution in [-0.4, -0.2) is 34.6 Å². The van der Waals surface area contributed by atoms with E-state index < -0.39 is 16.0 Å². The van der Waals surface area contributed by atoms with Gasteiger partial charge in [-0.05, 0) is 31.5 Å². The molecule has 0 spiro atoms. The molecule has 3 N–H and O–H groups in total. The molecule has 118 valence electrons. The normalized spacial score (nSPS) is 11.2. The summed E-state index contributed by atoms with van der Waals surface area (Å²) in [4.78, 5) is 11.1. The van der Waals surface area contributed by atoms with Crippen molar-refractivity contribution >= 4 is 21.7 Å². The summed E-state index contributed by atoms with van der Waals surface area (Å²) in [5, 5.41) is 0. The molecular formula is C13H20N2O5S.